The lowest BCUT2D eigenvalue weighted by molar-refractivity contribution is 0.275. The molecule has 19 heavy (non-hydrogen) atoms. The van der Waals surface area contributed by atoms with Gasteiger partial charge in [-0.15, -0.1) is 0 Å². The monoisotopic (exact) mass is 263 g/mol. The van der Waals surface area contributed by atoms with Crippen molar-refractivity contribution >= 4 is 5.95 Å². The summed E-state index contributed by atoms with van der Waals surface area (Å²) in [7, 11) is 0. The summed E-state index contributed by atoms with van der Waals surface area (Å²) in [6.07, 6.45) is 8.59. The Morgan fingerprint density at radius 2 is 2.16 bits per heavy atom. The van der Waals surface area contributed by atoms with Crippen LogP contribution in [0.4, 0.5) is 5.95 Å². The molecule has 108 valence electrons. The number of aromatic nitrogens is 2. The van der Waals surface area contributed by atoms with Gasteiger partial charge in [-0.2, -0.15) is 0 Å². The van der Waals surface area contributed by atoms with Crippen LogP contribution in [-0.4, -0.2) is 15.6 Å². The highest BCUT2D eigenvalue weighted by Gasteiger charge is 2.26. The molecule has 1 fully saturated rings. The molecule has 0 saturated heterocycles. The normalized spacial score (nSPS) is 27.5. The van der Waals surface area contributed by atoms with Crippen LogP contribution >= 0.6 is 0 Å². The molecule has 3 unspecified atom stereocenters. The van der Waals surface area contributed by atoms with Crippen LogP contribution in [0.15, 0.2) is 6.20 Å². The summed E-state index contributed by atoms with van der Waals surface area (Å²) in [5, 5.41) is 3.70. The van der Waals surface area contributed by atoms with Crippen LogP contribution in [0.3, 0.4) is 0 Å². The van der Waals surface area contributed by atoms with Gasteiger partial charge in [0, 0.05) is 18.8 Å². The molecule has 1 heterocycles. The Labute approximate surface area is 117 Å². The minimum Gasteiger partial charge on any atom is -0.353 e. The molecule has 1 saturated carbocycles. The van der Waals surface area contributed by atoms with Crippen LogP contribution in [0.1, 0.15) is 58.6 Å². The van der Waals surface area contributed by atoms with E-state index in [0.29, 0.717) is 6.04 Å². The second kappa shape index (κ2) is 6.44. The summed E-state index contributed by atoms with van der Waals surface area (Å²) >= 11 is 0. The average Bonchev–Trinajstić information content (AvgIpc) is 2.70. The highest BCUT2D eigenvalue weighted by Crippen LogP contribution is 2.30. The van der Waals surface area contributed by atoms with Gasteiger partial charge >= 0.3 is 0 Å². The number of unbranched alkanes of at least 4 members (excludes halogenated alkanes) is 1. The van der Waals surface area contributed by atoms with Gasteiger partial charge in [-0.3, -0.25) is 0 Å². The van der Waals surface area contributed by atoms with Gasteiger partial charge in [0.2, 0.25) is 5.95 Å². The predicted octanol–water partition coefficient (Wildman–Crippen LogP) is 4.23. The molecule has 0 spiro atoms. The first-order valence-corrected chi connectivity index (χ1v) is 7.90. The molecule has 1 aliphatic rings. The number of aryl methyl sites for hydroxylation is 2. The fourth-order valence-electron chi connectivity index (χ4n) is 3.21. The van der Waals surface area contributed by atoms with Crippen molar-refractivity contribution in [1.29, 1.82) is 0 Å². The molecule has 3 heteroatoms. The average molecular weight is 263 g/mol. The largest absolute Gasteiger partial charge is 0.353 e. The quantitative estimate of drug-likeness (QED) is 0.861. The third kappa shape index (κ3) is 3.74. The Bertz CT molecular complexity index is 397. The van der Waals surface area contributed by atoms with E-state index in [0.717, 1.165) is 30.0 Å². The van der Waals surface area contributed by atoms with Crippen molar-refractivity contribution in [2.45, 2.75) is 72.4 Å². The molecule has 1 aromatic heterocycles. The number of nitrogens with one attached hydrogen (secondary N) is 1. The van der Waals surface area contributed by atoms with Gasteiger partial charge < -0.3 is 9.88 Å². The number of rotatable bonds is 5. The Hall–Kier alpha value is -0.990. The van der Waals surface area contributed by atoms with E-state index in [4.69, 9.17) is 0 Å². The third-order valence-electron chi connectivity index (χ3n) is 4.40. The molecule has 3 nitrogen and oxygen atoms in total. The Balaban J connectivity index is 2.01. The maximum absolute atomic E-state index is 4.66. The van der Waals surface area contributed by atoms with Crippen molar-refractivity contribution in [2.75, 3.05) is 5.32 Å². The summed E-state index contributed by atoms with van der Waals surface area (Å²) in [6.45, 7) is 10.2. The molecule has 1 aromatic rings. The second-order valence-corrected chi connectivity index (χ2v) is 6.40. The standard InChI is InChI=1S/C16H29N3/c1-5-6-9-19-11-14(4)17-16(19)18-15-8-7-12(2)10-13(15)3/h11-13,15H,5-10H2,1-4H3,(H,17,18). The maximum Gasteiger partial charge on any atom is 0.203 e. The van der Waals surface area contributed by atoms with E-state index in [1.165, 1.54) is 32.1 Å². The van der Waals surface area contributed by atoms with E-state index in [9.17, 15) is 0 Å². The van der Waals surface area contributed by atoms with E-state index in [2.05, 4.69) is 48.8 Å². The smallest absolute Gasteiger partial charge is 0.203 e. The van der Waals surface area contributed by atoms with Crippen LogP contribution < -0.4 is 5.32 Å². The number of anilines is 1. The number of imidazole rings is 1. The number of nitrogens with zero attached hydrogens (tertiary/aromatic N) is 2. The maximum atomic E-state index is 4.66. The Morgan fingerprint density at radius 1 is 1.37 bits per heavy atom. The lowest BCUT2D eigenvalue weighted by Gasteiger charge is -2.33. The summed E-state index contributed by atoms with van der Waals surface area (Å²) < 4.78 is 2.30. The fraction of sp³-hybridized carbons (Fsp3) is 0.812. The lowest BCUT2D eigenvalue weighted by atomic mass is 9.80. The van der Waals surface area contributed by atoms with Crippen molar-refractivity contribution in [3.63, 3.8) is 0 Å². The zero-order chi connectivity index (χ0) is 13.8. The molecular weight excluding hydrogens is 234 g/mol. The zero-order valence-electron chi connectivity index (χ0n) is 12.9. The van der Waals surface area contributed by atoms with Gasteiger partial charge in [0.25, 0.3) is 0 Å². The predicted molar refractivity (Wildman–Crippen MR) is 81.5 cm³/mol. The molecular formula is C16H29N3. The Kier molecular flexibility index (Phi) is 4.89. The van der Waals surface area contributed by atoms with Gasteiger partial charge in [-0.25, -0.2) is 4.98 Å². The third-order valence-corrected chi connectivity index (χ3v) is 4.40. The highest BCUT2D eigenvalue weighted by atomic mass is 15.2. The molecule has 1 aliphatic carbocycles. The summed E-state index contributed by atoms with van der Waals surface area (Å²) in [5.41, 5.74) is 1.12. The van der Waals surface area contributed by atoms with E-state index < -0.39 is 0 Å². The van der Waals surface area contributed by atoms with Crippen LogP contribution in [0, 0.1) is 18.8 Å². The lowest BCUT2D eigenvalue weighted by Crippen LogP contribution is -2.34. The molecule has 0 amide bonds. The molecule has 0 radical (unpaired) electrons. The minimum absolute atomic E-state index is 0.596. The van der Waals surface area contributed by atoms with Gasteiger partial charge in [0.1, 0.15) is 0 Å². The van der Waals surface area contributed by atoms with Crippen molar-refractivity contribution < 1.29 is 0 Å². The van der Waals surface area contributed by atoms with E-state index in [-0.39, 0.29) is 0 Å². The summed E-state index contributed by atoms with van der Waals surface area (Å²) in [5.74, 6) is 2.72. The molecule has 0 bridgehead atoms. The molecule has 3 atom stereocenters. The first-order chi connectivity index (χ1) is 9.10. The minimum atomic E-state index is 0.596. The Morgan fingerprint density at radius 3 is 2.84 bits per heavy atom. The van der Waals surface area contributed by atoms with E-state index in [1.54, 1.807) is 0 Å². The number of hydrogen-bond donors (Lipinski definition) is 1. The fourth-order valence-corrected chi connectivity index (χ4v) is 3.21. The molecule has 1 N–H and O–H groups in total. The summed E-state index contributed by atoms with van der Waals surface area (Å²) in [4.78, 5) is 4.66. The van der Waals surface area contributed by atoms with Crippen molar-refractivity contribution in [2.24, 2.45) is 11.8 Å². The second-order valence-electron chi connectivity index (χ2n) is 6.40. The summed E-state index contributed by atoms with van der Waals surface area (Å²) in [6, 6.07) is 0.596. The van der Waals surface area contributed by atoms with Crippen LogP contribution in [0.5, 0.6) is 0 Å². The first kappa shape index (κ1) is 14.4. The van der Waals surface area contributed by atoms with Gasteiger partial charge in [0.15, 0.2) is 0 Å². The highest BCUT2D eigenvalue weighted by molar-refractivity contribution is 5.30. The van der Waals surface area contributed by atoms with Crippen molar-refractivity contribution in [1.82, 2.24) is 9.55 Å². The van der Waals surface area contributed by atoms with Crippen molar-refractivity contribution in [3.05, 3.63) is 11.9 Å². The van der Waals surface area contributed by atoms with Gasteiger partial charge in [0.05, 0.1) is 5.69 Å². The van der Waals surface area contributed by atoms with Crippen LogP contribution in [-0.2, 0) is 6.54 Å². The van der Waals surface area contributed by atoms with E-state index >= 15 is 0 Å². The zero-order valence-corrected chi connectivity index (χ0v) is 12.9. The molecule has 0 aromatic carbocycles. The van der Waals surface area contributed by atoms with Gasteiger partial charge in [-0.05, 0) is 44.4 Å². The van der Waals surface area contributed by atoms with Gasteiger partial charge in [-0.1, -0.05) is 27.2 Å². The topological polar surface area (TPSA) is 29.9 Å². The SMILES string of the molecule is CCCCn1cc(C)nc1NC1CCC(C)CC1C. The molecule has 0 aliphatic heterocycles. The van der Waals surface area contributed by atoms with Crippen molar-refractivity contribution in [3.8, 4) is 0 Å². The molecule has 2 rings (SSSR count). The van der Waals surface area contributed by atoms with Crippen LogP contribution in [0.25, 0.3) is 0 Å². The first-order valence-electron chi connectivity index (χ1n) is 7.90. The van der Waals surface area contributed by atoms with E-state index in [1.807, 2.05) is 0 Å². The number of hydrogen-bond acceptors (Lipinski definition) is 2. The van der Waals surface area contributed by atoms with Crippen LogP contribution in [0.2, 0.25) is 0 Å².